The number of nitrogens with one attached hydrogen (secondary N) is 1. The van der Waals surface area contributed by atoms with E-state index in [2.05, 4.69) is 5.32 Å². The van der Waals surface area contributed by atoms with Gasteiger partial charge in [-0.05, 0) is 24.1 Å². The summed E-state index contributed by atoms with van der Waals surface area (Å²) < 4.78 is 30.5. The quantitative estimate of drug-likeness (QED) is 0.422. The van der Waals surface area contributed by atoms with Crippen LogP contribution in [-0.4, -0.2) is 54.7 Å². The number of benzene rings is 2. The highest BCUT2D eigenvalue weighted by Gasteiger charge is 2.63. The smallest absolute Gasteiger partial charge is 0.332 e. The minimum atomic E-state index is -2.01. The van der Waals surface area contributed by atoms with Crippen LogP contribution in [0, 0.1) is 5.92 Å². The average Bonchev–Trinajstić information content (AvgIpc) is 3.35. The third kappa shape index (κ3) is 3.69. The Morgan fingerprint density at radius 2 is 1.55 bits per heavy atom. The maximum absolute atomic E-state index is 15.0. The Morgan fingerprint density at radius 1 is 0.886 bits per heavy atom. The molecule has 0 unspecified atom stereocenters. The number of carbonyl (C=O) groups excluding carboxylic acids is 2. The fraction of sp³-hybridized carbons (Fsp3) is 0.355. The zero-order chi connectivity index (χ0) is 31.8. The van der Waals surface area contributed by atoms with Gasteiger partial charge in [0, 0.05) is 43.3 Å². The first-order valence-electron chi connectivity index (χ1n) is 13.7. The Morgan fingerprint density at radius 3 is 2.18 bits per heavy atom. The van der Waals surface area contributed by atoms with Crippen molar-refractivity contribution in [1.29, 1.82) is 0 Å². The first-order chi connectivity index (χ1) is 21.0. The number of nitrogens with zero attached hydrogens (tertiary/aromatic N) is 2. The van der Waals surface area contributed by atoms with Gasteiger partial charge < -0.3 is 29.0 Å². The number of ether oxygens (including phenoxy) is 5. The third-order valence-corrected chi connectivity index (χ3v) is 9.17. The van der Waals surface area contributed by atoms with Crippen molar-refractivity contribution in [3.63, 3.8) is 0 Å². The summed E-state index contributed by atoms with van der Waals surface area (Å²) in [6, 6.07) is 6.52. The molecule has 0 saturated heterocycles. The van der Waals surface area contributed by atoms with Crippen molar-refractivity contribution >= 4 is 29.0 Å². The number of Topliss-reactive ketones (excluding diaryl/α,β-unsaturated/α-hetero) is 2. The van der Waals surface area contributed by atoms with E-state index in [0.717, 1.165) is 4.57 Å². The van der Waals surface area contributed by atoms with Crippen LogP contribution in [0.1, 0.15) is 40.7 Å². The topological polar surface area (TPSA) is 136 Å². The van der Waals surface area contributed by atoms with Gasteiger partial charge in [-0.1, -0.05) is 24.6 Å². The maximum Gasteiger partial charge on any atom is 0.332 e. The van der Waals surface area contributed by atoms with Gasteiger partial charge in [0.2, 0.25) is 17.2 Å². The molecular formula is C31H30ClN3O9. The Hall–Kier alpha value is -4.71. The van der Waals surface area contributed by atoms with Gasteiger partial charge in [0.1, 0.15) is 27.9 Å². The van der Waals surface area contributed by atoms with E-state index in [1.54, 1.807) is 32.2 Å². The van der Waals surface area contributed by atoms with Gasteiger partial charge in [0.15, 0.2) is 17.2 Å². The molecule has 6 rings (SSSR count). The number of methoxy groups -OCH3 is 4. The number of aromatic nitrogens is 2. The molecule has 0 radical (unpaired) electrons. The molecule has 2 aromatic carbocycles. The molecule has 3 atom stereocenters. The summed E-state index contributed by atoms with van der Waals surface area (Å²) >= 11 is 6.61. The molecule has 44 heavy (non-hydrogen) atoms. The molecule has 0 saturated carbocycles. The molecular weight excluding hydrogens is 594 g/mol. The molecule has 1 aromatic heterocycles. The van der Waals surface area contributed by atoms with Crippen LogP contribution in [0.4, 0.5) is 5.82 Å². The number of allylic oxidation sites excluding steroid dienone is 1. The van der Waals surface area contributed by atoms with Crippen molar-refractivity contribution in [2.24, 2.45) is 20.0 Å². The minimum Gasteiger partial charge on any atom is -0.496 e. The lowest BCUT2D eigenvalue weighted by molar-refractivity contribution is -0.130. The Labute approximate surface area is 256 Å². The molecule has 0 amide bonds. The highest BCUT2D eigenvalue weighted by molar-refractivity contribution is 6.36. The monoisotopic (exact) mass is 623 g/mol. The molecule has 3 heterocycles. The SMILES string of the molecule is COc1ccc([C@@H]2C3=C(C[C@@H](C)[C@]4(Oc5c(Cl)c(OC)cc(OC)c5C4=O)C3=O)Nc3c2c(=O)n(C)c(=O)n3C)cc1OC. The molecule has 1 N–H and O–H groups in total. The molecule has 3 aliphatic rings. The second-order valence-electron chi connectivity index (χ2n) is 10.9. The van der Waals surface area contributed by atoms with Gasteiger partial charge in [0.25, 0.3) is 5.56 Å². The molecule has 1 aliphatic carbocycles. The summed E-state index contributed by atoms with van der Waals surface area (Å²) in [5, 5.41) is 3.23. The number of hydrogen-bond donors (Lipinski definition) is 1. The largest absolute Gasteiger partial charge is 0.496 e. The van der Waals surface area contributed by atoms with Crippen LogP contribution in [0.5, 0.6) is 28.7 Å². The highest BCUT2D eigenvalue weighted by atomic mass is 35.5. The predicted octanol–water partition coefficient (Wildman–Crippen LogP) is 3.21. The van der Waals surface area contributed by atoms with Gasteiger partial charge >= 0.3 is 5.69 Å². The van der Waals surface area contributed by atoms with Crippen molar-refractivity contribution in [2.75, 3.05) is 33.8 Å². The van der Waals surface area contributed by atoms with Crippen molar-refractivity contribution in [3.05, 3.63) is 78.1 Å². The normalized spacial score (nSPS) is 21.7. The number of hydrogen-bond acceptors (Lipinski definition) is 10. The molecule has 13 heteroatoms. The van der Waals surface area contributed by atoms with E-state index in [1.165, 1.54) is 46.1 Å². The summed E-state index contributed by atoms with van der Waals surface area (Å²) in [6.45, 7) is 1.73. The molecule has 0 bridgehead atoms. The van der Waals surface area contributed by atoms with E-state index in [0.29, 0.717) is 22.8 Å². The van der Waals surface area contributed by atoms with Gasteiger partial charge in [0.05, 0.1) is 34.0 Å². The minimum absolute atomic E-state index is 0.0118. The molecule has 3 aromatic rings. The fourth-order valence-corrected chi connectivity index (χ4v) is 6.82. The van der Waals surface area contributed by atoms with Crippen LogP contribution < -0.4 is 40.3 Å². The van der Waals surface area contributed by atoms with Crippen LogP contribution in [0.25, 0.3) is 0 Å². The van der Waals surface area contributed by atoms with Gasteiger partial charge in [-0.25, -0.2) is 4.79 Å². The Balaban J connectivity index is 1.63. The van der Waals surface area contributed by atoms with Crippen molar-refractivity contribution in [1.82, 2.24) is 9.13 Å². The van der Waals surface area contributed by atoms with Crippen LogP contribution in [0.15, 0.2) is 45.1 Å². The van der Waals surface area contributed by atoms with E-state index < -0.39 is 40.3 Å². The van der Waals surface area contributed by atoms with Gasteiger partial charge in [-0.3, -0.25) is 23.5 Å². The van der Waals surface area contributed by atoms with Crippen LogP contribution >= 0.6 is 11.6 Å². The first-order valence-corrected chi connectivity index (χ1v) is 14.1. The first kappa shape index (κ1) is 29.4. The van der Waals surface area contributed by atoms with Crippen LogP contribution in [0.3, 0.4) is 0 Å². The summed E-state index contributed by atoms with van der Waals surface area (Å²) in [6.07, 6.45) is 0.171. The lowest BCUT2D eigenvalue weighted by Gasteiger charge is -2.42. The van der Waals surface area contributed by atoms with E-state index in [4.69, 9.17) is 35.3 Å². The molecule has 12 nitrogen and oxygen atoms in total. The van der Waals surface area contributed by atoms with Gasteiger partial charge in [-0.15, -0.1) is 0 Å². The molecule has 230 valence electrons. The fourth-order valence-electron chi connectivity index (χ4n) is 6.55. The van der Waals surface area contributed by atoms with E-state index in [9.17, 15) is 19.2 Å². The molecule has 2 aliphatic heterocycles. The van der Waals surface area contributed by atoms with Crippen LogP contribution in [0.2, 0.25) is 5.02 Å². The second-order valence-corrected chi connectivity index (χ2v) is 11.3. The number of anilines is 1. The number of fused-ring (bicyclic) bond motifs is 2. The number of carbonyl (C=O) groups is 2. The lowest BCUT2D eigenvalue weighted by atomic mass is 9.66. The molecule has 0 fully saturated rings. The number of rotatable bonds is 5. The Bertz CT molecular complexity index is 1940. The zero-order valence-electron chi connectivity index (χ0n) is 25.1. The third-order valence-electron chi connectivity index (χ3n) is 8.82. The summed E-state index contributed by atoms with van der Waals surface area (Å²) in [5.74, 6) is -1.54. The number of halogens is 1. The maximum atomic E-state index is 15.0. The van der Waals surface area contributed by atoms with Crippen molar-refractivity contribution < 1.29 is 33.3 Å². The van der Waals surface area contributed by atoms with Crippen molar-refractivity contribution in [3.8, 4) is 28.7 Å². The summed E-state index contributed by atoms with van der Waals surface area (Å²) in [5.41, 5.74) is -1.83. The Kier molecular flexibility index (Phi) is 6.80. The van der Waals surface area contributed by atoms with E-state index >= 15 is 0 Å². The lowest BCUT2D eigenvalue weighted by Crippen LogP contribution is -2.58. The zero-order valence-corrected chi connectivity index (χ0v) is 25.9. The van der Waals surface area contributed by atoms with Crippen molar-refractivity contribution in [2.45, 2.75) is 24.9 Å². The standard InChI is InChI=1S/C31H30ClN3O9/c1-13-10-15-21(26(36)31(13)27(37)22-18(42-6)12-19(43-7)24(32)25(22)44-31)20(14-8-9-16(40-4)17(11-14)41-5)23-28(33-15)34(2)30(39)35(3)29(23)38/h8-9,11-13,20,33H,10H2,1-7H3/t13-,20-,31+/m1/s1. The highest BCUT2D eigenvalue weighted by Crippen LogP contribution is 2.56. The predicted molar refractivity (Wildman–Crippen MR) is 160 cm³/mol. The number of ketones is 2. The van der Waals surface area contributed by atoms with E-state index in [1.807, 2.05) is 0 Å². The summed E-state index contributed by atoms with van der Waals surface area (Å²) in [4.78, 5) is 56.1. The molecule has 1 spiro atoms. The average molecular weight is 624 g/mol. The second kappa shape index (κ2) is 10.2. The van der Waals surface area contributed by atoms with Crippen LogP contribution in [-0.2, 0) is 18.9 Å². The summed E-state index contributed by atoms with van der Waals surface area (Å²) in [7, 11) is 8.69. The van der Waals surface area contributed by atoms with E-state index in [-0.39, 0.29) is 51.2 Å². The van der Waals surface area contributed by atoms with Gasteiger partial charge in [-0.2, -0.15) is 0 Å².